The third-order valence-electron chi connectivity index (χ3n) is 6.34. The zero-order valence-corrected chi connectivity index (χ0v) is 23.6. The molecule has 0 spiro atoms. The zero-order chi connectivity index (χ0) is 29.5. The Bertz CT molecular complexity index is 1130. The fraction of sp³-hybridized carbons (Fsp3) is 0.484. The molecule has 0 saturated heterocycles. The molecule has 0 aliphatic heterocycles. The van der Waals surface area contributed by atoms with Crippen molar-refractivity contribution in [3.63, 3.8) is 0 Å². The molecule has 0 fully saturated rings. The van der Waals surface area contributed by atoms with E-state index in [1.807, 2.05) is 13.8 Å². The zero-order valence-electron chi connectivity index (χ0n) is 23.6. The Morgan fingerprint density at radius 2 is 1.43 bits per heavy atom. The minimum Gasteiger partial charge on any atom is -0.480 e. The summed E-state index contributed by atoms with van der Waals surface area (Å²) in [6, 6.07) is 12.9. The van der Waals surface area contributed by atoms with Crippen LogP contribution in [0, 0.1) is 0 Å². The van der Waals surface area contributed by atoms with E-state index >= 15 is 0 Å². The van der Waals surface area contributed by atoms with Crippen molar-refractivity contribution in [2.24, 2.45) is 5.73 Å². The summed E-state index contributed by atoms with van der Waals surface area (Å²) in [4.78, 5) is 49.5. The Hall–Kier alpha value is -3.72. The van der Waals surface area contributed by atoms with Crippen molar-refractivity contribution in [2.75, 3.05) is 0 Å². The molecule has 0 bridgehead atoms. The van der Waals surface area contributed by atoms with Gasteiger partial charge in [0.05, 0.1) is 5.56 Å². The molecule has 0 aromatic heterocycles. The van der Waals surface area contributed by atoms with Crippen molar-refractivity contribution < 1.29 is 38.5 Å². The Morgan fingerprint density at radius 1 is 0.850 bits per heavy atom. The van der Waals surface area contributed by atoms with Crippen LogP contribution in [-0.2, 0) is 25.5 Å². The van der Waals surface area contributed by atoms with Crippen LogP contribution in [0.2, 0.25) is 0 Å². The highest BCUT2D eigenvalue weighted by atomic mass is 16.6. The van der Waals surface area contributed by atoms with E-state index in [0.717, 1.165) is 25.7 Å². The van der Waals surface area contributed by atoms with Gasteiger partial charge in [-0.3, -0.25) is 14.4 Å². The quantitative estimate of drug-likeness (QED) is 0.144. The Morgan fingerprint density at radius 3 is 1.98 bits per heavy atom. The minimum absolute atomic E-state index is 0.0270. The van der Waals surface area contributed by atoms with Gasteiger partial charge in [-0.2, -0.15) is 0 Å². The molecule has 2 aromatic carbocycles. The third-order valence-corrected chi connectivity index (χ3v) is 6.34. The van der Waals surface area contributed by atoms with Crippen LogP contribution in [0.4, 0.5) is 0 Å². The van der Waals surface area contributed by atoms with Gasteiger partial charge in [0, 0.05) is 25.7 Å². The summed E-state index contributed by atoms with van der Waals surface area (Å²) < 4.78 is 16.5. The van der Waals surface area contributed by atoms with Gasteiger partial charge in [-0.15, -0.1) is 0 Å². The van der Waals surface area contributed by atoms with Gasteiger partial charge in [0.25, 0.3) is 0 Å². The number of carbonyl (C=O) groups is 4. The number of nitrogens with two attached hydrogens (primary N) is 1. The van der Waals surface area contributed by atoms with Gasteiger partial charge in [-0.25, -0.2) is 4.79 Å². The number of carboxylic acid groups (broad SMARTS) is 1. The summed E-state index contributed by atoms with van der Waals surface area (Å²) in [6.45, 7) is 5.63. The number of benzene rings is 2. The van der Waals surface area contributed by atoms with Crippen LogP contribution >= 0.6 is 0 Å². The van der Waals surface area contributed by atoms with Gasteiger partial charge in [0.2, 0.25) is 0 Å². The first-order valence-electron chi connectivity index (χ1n) is 13.9. The monoisotopic (exact) mass is 555 g/mol. The molecule has 0 aliphatic rings. The van der Waals surface area contributed by atoms with Gasteiger partial charge in [0.15, 0.2) is 11.5 Å². The van der Waals surface area contributed by atoms with E-state index in [1.165, 1.54) is 12.1 Å². The predicted octanol–water partition coefficient (Wildman–Crippen LogP) is 5.62. The highest BCUT2D eigenvalue weighted by molar-refractivity contribution is 5.89. The molecule has 40 heavy (non-hydrogen) atoms. The average molecular weight is 556 g/mol. The van der Waals surface area contributed by atoms with E-state index in [0.29, 0.717) is 24.0 Å². The van der Waals surface area contributed by atoms with Gasteiger partial charge >= 0.3 is 23.9 Å². The smallest absolute Gasteiger partial charge is 0.338 e. The van der Waals surface area contributed by atoms with Crippen molar-refractivity contribution >= 4 is 23.9 Å². The van der Waals surface area contributed by atoms with Crippen molar-refractivity contribution in [2.45, 2.75) is 96.6 Å². The molecule has 0 heterocycles. The number of aliphatic carboxylic acids is 1. The molecule has 218 valence electrons. The minimum atomic E-state index is -1.79. The molecule has 2 atom stereocenters. The van der Waals surface area contributed by atoms with Gasteiger partial charge in [0.1, 0.15) is 11.6 Å². The highest BCUT2D eigenvalue weighted by Gasteiger charge is 2.37. The molecule has 2 aromatic rings. The summed E-state index contributed by atoms with van der Waals surface area (Å²) in [7, 11) is 0. The van der Waals surface area contributed by atoms with Gasteiger partial charge in [-0.05, 0) is 49.6 Å². The van der Waals surface area contributed by atoms with Crippen molar-refractivity contribution in [3.8, 4) is 11.5 Å². The summed E-state index contributed by atoms with van der Waals surface area (Å²) in [5.41, 5.74) is 5.33. The molecule has 9 nitrogen and oxygen atoms in total. The first-order chi connectivity index (χ1) is 19.1. The number of hydrogen-bond donors (Lipinski definition) is 2. The maximum absolute atomic E-state index is 12.5. The van der Waals surface area contributed by atoms with Crippen LogP contribution in [0.3, 0.4) is 0 Å². The second-order valence-electron chi connectivity index (χ2n) is 10.1. The molecule has 0 saturated carbocycles. The lowest BCUT2D eigenvalue weighted by molar-refractivity contribution is -0.144. The second-order valence-corrected chi connectivity index (χ2v) is 10.1. The van der Waals surface area contributed by atoms with E-state index < -0.39 is 35.5 Å². The van der Waals surface area contributed by atoms with E-state index in [9.17, 15) is 24.3 Å². The molecule has 1 unspecified atom stereocenters. The average Bonchev–Trinajstić information content (AvgIpc) is 2.90. The molecule has 0 aliphatic carbocycles. The van der Waals surface area contributed by atoms with Crippen LogP contribution in [0.5, 0.6) is 11.5 Å². The fourth-order valence-electron chi connectivity index (χ4n) is 4.19. The molecule has 0 amide bonds. The molecule has 0 radical (unpaired) electrons. The maximum Gasteiger partial charge on any atom is 0.338 e. The lowest BCUT2D eigenvalue weighted by Crippen LogP contribution is -2.52. The predicted molar refractivity (Wildman–Crippen MR) is 150 cm³/mol. The van der Waals surface area contributed by atoms with Crippen LogP contribution in [-0.4, -0.2) is 40.6 Å². The second kappa shape index (κ2) is 16.4. The number of rotatable bonds is 17. The SMILES string of the molecule is CCCCCC(=O)Oc1ccc(CC(N)(C[C@H](C)OC(=O)c2ccccc2)C(=O)O)cc1OC(=O)CCCCC. The summed E-state index contributed by atoms with van der Waals surface area (Å²) in [6.07, 6.45) is 4.30. The van der Waals surface area contributed by atoms with Gasteiger partial charge in [-0.1, -0.05) is 63.8 Å². The van der Waals surface area contributed by atoms with E-state index in [1.54, 1.807) is 43.3 Å². The van der Waals surface area contributed by atoms with Crippen molar-refractivity contribution in [3.05, 3.63) is 59.7 Å². The van der Waals surface area contributed by atoms with Crippen LogP contribution in [0.25, 0.3) is 0 Å². The van der Waals surface area contributed by atoms with E-state index in [-0.39, 0.29) is 37.2 Å². The van der Waals surface area contributed by atoms with E-state index in [2.05, 4.69) is 0 Å². The summed E-state index contributed by atoms with van der Waals surface area (Å²) >= 11 is 0. The van der Waals surface area contributed by atoms with Crippen LogP contribution in [0.1, 0.15) is 94.5 Å². The maximum atomic E-state index is 12.5. The first-order valence-corrected chi connectivity index (χ1v) is 13.9. The number of esters is 3. The molecule has 9 heteroatoms. The molecular formula is C31H41NO8. The van der Waals surface area contributed by atoms with Crippen LogP contribution < -0.4 is 15.2 Å². The fourth-order valence-corrected chi connectivity index (χ4v) is 4.19. The van der Waals surface area contributed by atoms with Crippen LogP contribution in [0.15, 0.2) is 48.5 Å². The largest absolute Gasteiger partial charge is 0.480 e. The number of hydrogen-bond acceptors (Lipinski definition) is 8. The molecule has 3 N–H and O–H groups in total. The highest BCUT2D eigenvalue weighted by Crippen LogP contribution is 2.32. The van der Waals surface area contributed by atoms with Gasteiger partial charge < -0.3 is 25.1 Å². The normalized spacial score (nSPS) is 13.1. The van der Waals surface area contributed by atoms with Crippen molar-refractivity contribution in [1.29, 1.82) is 0 Å². The number of ether oxygens (including phenoxy) is 3. The lowest BCUT2D eigenvalue weighted by atomic mass is 9.86. The Kier molecular flexibility index (Phi) is 13.3. The third kappa shape index (κ3) is 10.8. The summed E-state index contributed by atoms with van der Waals surface area (Å²) in [5.74, 6) is -2.68. The first kappa shape index (κ1) is 32.5. The van der Waals surface area contributed by atoms with E-state index in [4.69, 9.17) is 19.9 Å². The molecule has 2 rings (SSSR count). The number of carbonyl (C=O) groups excluding carboxylic acids is 3. The van der Waals surface area contributed by atoms with Crippen molar-refractivity contribution in [1.82, 2.24) is 0 Å². The number of carboxylic acids is 1. The number of unbranched alkanes of at least 4 members (excludes halogenated alkanes) is 4. The lowest BCUT2D eigenvalue weighted by Gasteiger charge is -2.28. The topological polar surface area (TPSA) is 142 Å². The standard InChI is InChI=1S/C31H41NO8/c1-4-6-9-15-27(33)39-25-18-17-23(19-26(25)40-28(34)16-10-7-5-2)21-31(32,30(36)37)20-22(3)38-29(35)24-13-11-8-12-14-24/h8,11-14,17-19,22H,4-7,9-10,15-16,20-21,32H2,1-3H3,(H,36,37)/t22-,31?/m0/s1. The Labute approximate surface area is 236 Å². The Balaban J connectivity index is 2.21. The summed E-state index contributed by atoms with van der Waals surface area (Å²) in [5, 5.41) is 9.99. The molecular weight excluding hydrogens is 514 g/mol.